The molecule has 1 N–H and O–H groups in total. The second-order valence-electron chi connectivity index (χ2n) is 5.54. The lowest BCUT2D eigenvalue weighted by molar-refractivity contribution is 0.271. The Labute approximate surface area is 125 Å². The van der Waals surface area contributed by atoms with E-state index < -0.39 is 0 Å². The van der Waals surface area contributed by atoms with E-state index in [0.717, 1.165) is 17.0 Å². The van der Waals surface area contributed by atoms with Crippen molar-refractivity contribution >= 4 is 5.69 Å². The molecule has 1 aromatic heterocycles. The first kappa shape index (κ1) is 15.3. The number of benzene rings is 1. The molecule has 0 saturated carbocycles. The van der Waals surface area contributed by atoms with Gasteiger partial charge in [-0.2, -0.15) is 0 Å². The maximum absolute atomic E-state index is 13.2. The Hall–Kier alpha value is -2.10. The summed E-state index contributed by atoms with van der Waals surface area (Å²) in [5, 5.41) is 3.33. The van der Waals surface area contributed by atoms with Crippen LogP contribution < -0.4 is 10.1 Å². The van der Waals surface area contributed by atoms with Crippen molar-refractivity contribution in [1.82, 2.24) is 4.98 Å². The summed E-state index contributed by atoms with van der Waals surface area (Å²) in [6.07, 6.45) is 2.87. The lowest BCUT2D eigenvalue weighted by atomic mass is 10.1. The first-order valence-electron chi connectivity index (χ1n) is 7.14. The molecular formula is C17H21FN2O. The summed E-state index contributed by atoms with van der Waals surface area (Å²) in [6, 6.07) is 9.24. The van der Waals surface area contributed by atoms with Gasteiger partial charge in [-0.3, -0.25) is 4.98 Å². The van der Waals surface area contributed by atoms with Crippen LogP contribution in [0.2, 0.25) is 0 Å². The number of aromatic nitrogens is 1. The van der Waals surface area contributed by atoms with Crippen LogP contribution in [0, 0.1) is 11.7 Å². The van der Waals surface area contributed by atoms with Gasteiger partial charge in [0.05, 0.1) is 18.8 Å². The molecule has 21 heavy (non-hydrogen) atoms. The second kappa shape index (κ2) is 7.07. The molecule has 1 unspecified atom stereocenters. The molecule has 1 atom stereocenters. The number of hydrogen-bond donors (Lipinski definition) is 1. The van der Waals surface area contributed by atoms with E-state index >= 15 is 0 Å². The monoisotopic (exact) mass is 288 g/mol. The molecule has 0 bridgehead atoms. The van der Waals surface area contributed by atoms with Crippen LogP contribution in [0.5, 0.6) is 5.75 Å². The van der Waals surface area contributed by atoms with Crippen LogP contribution in [0.3, 0.4) is 0 Å². The average Bonchev–Trinajstić information content (AvgIpc) is 2.45. The van der Waals surface area contributed by atoms with Crippen molar-refractivity contribution < 1.29 is 9.13 Å². The molecule has 3 nitrogen and oxygen atoms in total. The largest absolute Gasteiger partial charge is 0.493 e. The third-order valence-corrected chi connectivity index (χ3v) is 3.03. The fraction of sp³-hybridized carbons (Fsp3) is 0.353. The van der Waals surface area contributed by atoms with Crippen LogP contribution in [0.1, 0.15) is 32.4 Å². The molecule has 0 radical (unpaired) electrons. The van der Waals surface area contributed by atoms with Crippen LogP contribution in [-0.4, -0.2) is 11.6 Å². The molecule has 1 heterocycles. The molecule has 0 spiro atoms. The van der Waals surface area contributed by atoms with E-state index in [2.05, 4.69) is 24.1 Å². The number of hydrogen-bond acceptors (Lipinski definition) is 3. The van der Waals surface area contributed by atoms with Gasteiger partial charge in [0.15, 0.2) is 0 Å². The summed E-state index contributed by atoms with van der Waals surface area (Å²) >= 11 is 0. The van der Waals surface area contributed by atoms with Crippen molar-refractivity contribution in [2.24, 2.45) is 5.92 Å². The number of ether oxygens (including phenoxy) is 1. The third kappa shape index (κ3) is 4.74. The van der Waals surface area contributed by atoms with Crippen LogP contribution in [0.4, 0.5) is 10.1 Å². The Bertz CT molecular complexity index is 587. The van der Waals surface area contributed by atoms with Gasteiger partial charge in [-0.25, -0.2) is 4.39 Å². The highest BCUT2D eigenvalue weighted by Gasteiger charge is 2.07. The zero-order valence-electron chi connectivity index (χ0n) is 12.6. The van der Waals surface area contributed by atoms with Gasteiger partial charge < -0.3 is 10.1 Å². The minimum Gasteiger partial charge on any atom is -0.493 e. The van der Waals surface area contributed by atoms with Crippen molar-refractivity contribution in [3.05, 3.63) is 54.1 Å². The van der Waals surface area contributed by atoms with Gasteiger partial charge >= 0.3 is 0 Å². The van der Waals surface area contributed by atoms with Crippen LogP contribution >= 0.6 is 0 Å². The van der Waals surface area contributed by atoms with Crippen molar-refractivity contribution in [2.75, 3.05) is 11.9 Å². The Balaban J connectivity index is 2.03. The second-order valence-corrected chi connectivity index (χ2v) is 5.54. The summed E-state index contributed by atoms with van der Waals surface area (Å²) in [7, 11) is 0. The molecule has 2 rings (SSSR count). The molecule has 1 aromatic carbocycles. The number of nitrogens with one attached hydrogen (secondary N) is 1. The molecule has 0 amide bonds. The molecular weight excluding hydrogens is 267 g/mol. The smallest absolute Gasteiger partial charge is 0.141 e. The van der Waals surface area contributed by atoms with E-state index in [1.165, 1.54) is 12.3 Å². The fourth-order valence-electron chi connectivity index (χ4n) is 1.94. The number of pyridine rings is 1. The van der Waals surface area contributed by atoms with Crippen molar-refractivity contribution in [1.29, 1.82) is 0 Å². The topological polar surface area (TPSA) is 34.1 Å². The Kier molecular flexibility index (Phi) is 5.14. The summed E-state index contributed by atoms with van der Waals surface area (Å²) in [5.41, 5.74) is 1.75. The van der Waals surface area contributed by atoms with Gasteiger partial charge in [0, 0.05) is 18.0 Å². The van der Waals surface area contributed by atoms with Crippen molar-refractivity contribution in [2.45, 2.75) is 26.8 Å². The van der Waals surface area contributed by atoms with Crippen molar-refractivity contribution in [3.8, 4) is 5.75 Å². The molecule has 2 aromatic rings. The zero-order valence-corrected chi connectivity index (χ0v) is 12.6. The average molecular weight is 288 g/mol. The zero-order chi connectivity index (χ0) is 15.2. The first-order valence-corrected chi connectivity index (χ1v) is 7.14. The fourth-order valence-corrected chi connectivity index (χ4v) is 1.94. The van der Waals surface area contributed by atoms with E-state index in [0.29, 0.717) is 12.5 Å². The number of rotatable bonds is 6. The van der Waals surface area contributed by atoms with Gasteiger partial charge in [-0.1, -0.05) is 19.9 Å². The highest BCUT2D eigenvalue weighted by Crippen LogP contribution is 2.23. The van der Waals surface area contributed by atoms with Crippen LogP contribution in [0.25, 0.3) is 0 Å². The van der Waals surface area contributed by atoms with E-state index in [1.54, 1.807) is 6.20 Å². The van der Waals surface area contributed by atoms with Crippen molar-refractivity contribution in [3.63, 3.8) is 0 Å². The van der Waals surface area contributed by atoms with Gasteiger partial charge in [0.2, 0.25) is 0 Å². The maximum atomic E-state index is 13.2. The lowest BCUT2D eigenvalue weighted by Gasteiger charge is -2.16. The first-order chi connectivity index (χ1) is 10.0. The number of anilines is 1. The SMILES string of the molecule is CC(C)COc1cccc(NC(C)c2cncc(F)c2)c1. The van der Waals surface area contributed by atoms with Crippen LogP contribution in [0.15, 0.2) is 42.7 Å². The molecule has 0 fully saturated rings. The van der Waals surface area contributed by atoms with Gasteiger partial charge in [0.25, 0.3) is 0 Å². The quantitative estimate of drug-likeness (QED) is 0.854. The summed E-state index contributed by atoms with van der Waals surface area (Å²) in [5.74, 6) is 0.993. The minimum absolute atomic E-state index is 0.0338. The van der Waals surface area contributed by atoms with E-state index in [1.807, 2.05) is 31.2 Å². The van der Waals surface area contributed by atoms with Gasteiger partial charge in [0.1, 0.15) is 11.6 Å². The summed E-state index contributed by atoms with van der Waals surface area (Å²) in [6.45, 7) is 6.88. The summed E-state index contributed by atoms with van der Waals surface area (Å²) in [4.78, 5) is 3.87. The van der Waals surface area contributed by atoms with Crippen LogP contribution in [-0.2, 0) is 0 Å². The highest BCUT2D eigenvalue weighted by atomic mass is 19.1. The van der Waals surface area contributed by atoms with Gasteiger partial charge in [-0.15, -0.1) is 0 Å². The molecule has 112 valence electrons. The molecule has 0 aliphatic heterocycles. The Morgan fingerprint density at radius 3 is 2.71 bits per heavy atom. The number of halogens is 1. The third-order valence-electron chi connectivity index (χ3n) is 3.03. The van der Waals surface area contributed by atoms with E-state index in [9.17, 15) is 4.39 Å². The maximum Gasteiger partial charge on any atom is 0.141 e. The number of nitrogens with zero attached hydrogens (tertiary/aromatic N) is 1. The Morgan fingerprint density at radius 2 is 2.00 bits per heavy atom. The normalized spacial score (nSPS) is 12.2. The molecule has 0 aliphatic carbocycles. The molecule has 4 heteroatoms. The standard InChI is InChI=1S/C17H21FN2O/c1-12(2)11-21-17-6-4-5-16(8-17)20-13(3)14-7-15(18)10-19-9-14/h4-10,12-13,20H,11H2,1-3H3. The van der Waals surface area contributed by atoms with E-state index in [4.69, 9.17) is 4.74 Å². The highest BCUT2D eigenvalue weighted by molar-refractivity contribution is 5.49. The molecule has 0 saturated heterocycles. The van der Waals surface area contributed by atoms with E-state index in [-0.39, 0.29) is 11.9 Å². The predicted molar refractivity (Wildman–Crippen MR) is 83.0 cm³/mol. The minimum atomic E-state index is -0.324. The Morgan fingerprint density at radius 1 is 1.19 bits per heavy atom. The lowest BCUT2D eigenvalue weighted by Crippen LogP contribution is -2.08. The molecule has 0 aliphatic rings. The predicted octanol–water partition coefficient (Wildman–Crippen LogP) is 4.43. The van der Waals surface area contributed by atoms with Gasteiger partial charge in [-0.05, 0) is 36.6 Å². The summed E-state index contributed by atoms with van der Waals surface area (Å²) < 4.78 is 18.9.